The summed E-state index contributed by atoms with van der Waals surface area (Å²) >= 11 is 0. The molecule has 0 saturated heterocycles. The largest absolute Gasteiger partial charge is 0.492 e. The Morgan fingerprint density at radius 2 is 2.24 bits per heavy atom. The third-order valence-corrected chi connectivity index (χ3v) is 3.06. The Bertz CT molecular complexity index is 390. The highest BCUT2D eigenvalue weighted by Gasteiger charge is 2.27. The van der Waals surface area contributed by atoms with Gasteiger partial charge in [0.15, 0.2) is 5.78 Å². The number of ether oxygens (including phenoxy) is 1. The molecule has 0 fully saturated rings. The number of ketones is 1. The monoisotopic (exact) mass is 233 g/mol. The fraction of sp³-hybridized carbons (Fsp3) is 0.500. The van der Waals surface area contributed by atoms with Crippen molar-refractivity contribution in [1.82, 2.24) is 5.32 Å². The summed E-state index contributed by atoms with van der Waals surface area (Å²) in [6.45, 7) is 4.34. The Morgan fingerprint density at radius 3 is 3.06 bits per heavy atom. The van der Waals surface area contributed by atoms with Gasteiger partial charge in [-0.25, -0.2) is 0 Å². The van der Waals surface area contributed by atoms with Crippen LogP contribution in [0.5, 0.6) is 5.75 Å². The molecule has 1 aromatic rings. The molecular formula is C14H19NO2. The predicted octanol–water partition coefficient (Wildman–Crippen LogP) is 2.27. The predicted molar refractivity (Wildman–Crippen MR) is 67.5 cm³/mol. The van der Waals surface area contributed by atoms with Gasteiger partial charge in [0.1, 0.15) is 5.75 Å². The fourth-order valence-electron chi connectivity index (χ4n) is 2.01. The number of para-hydroxylation sites is 1. The first kappa shape index (κ1) is 12.1. The van der Waals surface area contributed by atoms with Crippen LogP contribution in [-0.2, 0) is 0 Å². The summed E-state index contributed by atoms with van der Waals surface area (Å²) in [7, 11) is 0. The van der Waals surface area contributed by atoms with Crippen LogP contribution in [0.25, 0.3) is 0 Å². The van der Waals surface area contributed by atoms with Gasteiger partial charge in [0.2, 0.25) is 0 Å². The number of hydrogen-bond acceptors (Lipinski definition) is 3. The van der Waals surface area contributed by atoms with Crippen molar-refractivity contribution in [2.45, 2.75) is 19.8 Å². The molecule has 0 spiro atoms. The van der Waals surface area contributed by atoms with E-state index in [0.29, 0.717) is 13.2 Å². The summed E-state index contributed by atoms with van der Waals surface area (Å²) in [6.07, 6.45) is 2.32. The summed E-state index contributed by atoms with van der Waals surface area (Å²) in [5, 5.41) is 3.32. The zero-order chi connectivity index (χ0) is 12.1. The van der Waals surface area contributed by atoms with E-state index in [0.717, 1.165) is 24.3 Å². The third kappa shape index (κ3) is 2.86. The molecule has 1 heterocycles. The molecule has 1 aromatic carbocycles. The maximum absolute atomic E-state index is 12.2. The summed E-state index contributed by atoms with van der Waals surface area (Å²) in [6, 6.07) is 7.47. The molecule has 17 heavy (non-hydrogen) atoms. The number of unbranched alkanes of at least 4 members (excludes halogenated alkanes) is 1. The Morgan fingerprint density at radius 1 is 1.41 bits per heavy atom. The van der Waals surface area contributed by atoms with Crippen LogP contribution in [0.2, 0.25) is 0 Å². The molecule has 0 saturated carbocycles. The summed E-state index contributed by atoms with van der Waals surface area (Å²) in [5.74, 6) is 0.889. The number of benzene rings is 1. The first-order valence-electron chi connectivity index (χ1n) is 6.29. The highest BCUT2D eigenvalue weighted by atomic mass is 16.5. The lowest BCUT2D eigenvalue weighted by Gasteiger charge is -2.24. The van der Waals surface area contributed by atoms with E-state index >= 15 is 0 Å². The first-order chi connectivity index (χ1) is 8.33. The van der Waals surface area contributed by atoms with Gasteiger partial charge in [0.25, 0.3) is 0 Å². The molecule has 0 bridgehead atoms. The fourth-order valence-corrected chi connectivity index (χ4v) is 2.01. The zero-order valence-corrected chi connectivity index (χ0v) is 10.2. The number of carbonyl (C=O) groups is 1. The molecule has 1 N–H and O–H groups in total. The molecule has 0 radical (unpaired) electrons. The van der Waals surface area contributed by atoms with Crippen LogP contribution in [-0.4, -0.2) is 25.5 Å². The van der Waals surface area contributed by atoms with Crippen LogP contribution in [0, 0.1) is 5.92 Å². The molecule has 1 aliphatic rings. The summed E-state index contributed by atoms with van der Waals surface area (Å²) in [4.78, 5) is 12.2. The van der Waals surface area contributed by atoms with Crippen molar-refractivity contribution in [3.05, 3.63) is 29.8 Å². The minimum Gasteiger partial charge on any atom is -0.492 e. The lowest BCUT2D eigenvalue weighted by atomic mass is 9.95. The van der Waals surface area contributed by atoms with Crippen molar-refractivity contribution >= 4 is 5.78 Å². The minimum absolute atomic E-state index is 0.0400. The van der Waals surface area contributed by atoms with Gasteiger partial charge in [0, 0.05) is 6.54 Å². The number of rotatable bonds is 5. The van der Waals surface area contributed by atoms with E-state index in [1.54, 1.807) is 0 Å². The van der Waals surface area contributed by atoms with E-state index in [9.17, 15) is 4.79 Å². The summed E-state index contributed by atoms with van der Waals surface area (Å²) in [5.41, 5.74) is 0.723. The number of carbonyl (C=O) groups excluding carboxylic acids is 1. The lowest BCUT2D eigenvalue weighted by Crippen LogP contribution is -2.36. The molecule has 3 nitrogen and oxygen atoms in total. The average Bonchev–Trinajstić information content (AvgIpc) is 2.37. The van der Waals surface area contributed by atoms with Crippen molar-refractivity contribution in [2.24, 2.45) is 5.92 Å². The third-order valence-electron chi connectivity index (χ3n) is 3.06. The van der Waals surface area contributed by atoms with E-state index in [4.69, 9.17) is 4.74 Å². The van der Waals surface area contributed by atoms with E-state index in [-0.39, 0.29) is 11.7 Å². The van der Waals surface area contributed by atoms with Crippen molar-refractivity contribution in [3.63, 3.8) is 0 Å². The number of hydrogen-bond donors (Lipinski definition) is 1. The van der Waals surface area contributed by atoms with Gasteiger partial charge in [-0.2, -0.15) is 0 Å². The van der Waals surface area contributed by atoms with E-state index in [1.165, 1.54) is 6.42 Å². The topological polar surface area (TPSA) is 38.3 Å². The molecule has 1 unspecified atom stereocenters. The smallest absolute Gasteiger partial charge is 0.174 e. The van der Waals surface area contributed by atoms with Gasteiger partial charge < -0.3 is 10.1 Å². The molecule has 1 aliphatic heterocycles. The van der Waals surface area contributed by atoms with Gasteiger partial charge in [-0.1, -0.05) is 25.5 Å². The van der Waals surface area contributed by atoms with Crippen molar-refractivity contribution in [3.8, 4) is 5.75 Å². The molecule has 0 amide bonds. The Kier molecular flexibility index (Phi) is 4.15. The number of fused-ring (bicyclic) bond motifs is 1. The lowest BCUT2D eigenvalue weighted by molar-refractivity contribution is 0.0830. The van der Waals surface area contributed by atoms with Crippen LogP contribution in [0.3, 0.4) is 0 Å². The molecule has 0 aliphatic carbocycles. The first-order valence-corrected chi connectivity index (χ1v) is 6.29. The van der Waals surface area contributed by atoms with Crippen molar-refractivity contribution < 1.29 is 9.53 Å². The van der Waals surface area contributed by atoms with Gasteiger partial charge in [-0.15, -0.1) is 0 Å². The second kappa shape index (κ2) is 5.82. The van der Waals surface area contributed by atoms with Crippen molar-refractivity contribution in [1.29, 1.82) is 0 Å². The standard InChI is InChI=1S/C14H19NO2/c1-2-3-8-15-9-11-10-17-13-7-5-4-6-12(13)14(11)16/h4-7,11,15H,2-3,8-10H2,1H3. The molecule has 92 valence electrons. The minimum atomic E-state index is -0.0400. The SMILES string of the molecule is CCCCNCC1COc2ccccc2C1=O. The molecule has 2 rings (SSSR count). The van der Waals surface area contributed by atoms with Gasteiger partial charge >= 0.3 is 0 Å². The molecule has 1 atom stereocenters. The normalized spacial score (nSPS) is 18.6. The second-order valence-electron chi connectivity index (χ2n) is 4.43. The molecule has 3 heteroatoms. The Hall–Kier alpha value is -1.35. The molecular weight excluding hydrogens is 214 g/mol. The van der Waals surface area contributed by atoms with Gasteiger partial charge in [0.05, 0.1) is 18.1 Å². The maximum atomic E-state index is 12.2. The maximum Gasteiger partial charge on any atom is 0.174 e. The van der Waals surface area contributed by atoms with Gasteiger partial charge in [-0.05, 0) is 25.1 Å². The Balaban J connectivity index is 1.93. The van der Waals surface area contributed by atoms with Crippen LogP contribution in [0.4, 0.5) is 0 Å². The second-order valence-corrected chi connectivity index (χ2v) is 4.43. The number of Topliss-reactive ketones (excluding diaryl/α,β-unsaturated/α-hetero) is 1. The highest BCUT2D eigenvalue weighted by molar-refractivity contribution is 6.01. The number of nitrogens with one attached hydrogen (secondary N) is 1. The zero-order valence-electron chi connectivity index (χ0n) is 10.2. The quantitative estimate of drug-likeness (QED) is 0.793. The van der Waals surface area contributed by atoms with Crippen LogP contribution in [0.1, 0.15) is 30.1 Å². The van der Waals surface area contributed by atoms with Gasteiger partial charge in [-0.3, -0.25) is 4.79 Å². The highest BCUT2D eigenvalue weighted by Crippen LogP contribution is 2.26. The van der Waals surface area contributed by atoms with E-state index in [2.05, 4.69) is 12.2 Å². The molecule has 0 aromatic heterocycles. The van der Waals surface area contributed by atoms with Crippen LogP contribution >= 0.6 is 0 Å². The Labute approximate surface area is 102 Å². The van der Waals surface area contributed by atoms with Crippen molar-refractivity contribution in [2.75, 3.05) is 19.7 Å². The van der Waals surface area contributed by atoms with Crippen LogP contribution in [0.15, 0.2) is 24.3 Å². The van der Waals surface area contributed by atoms with Crippen LogP contribution < -0.4 is 10.1 Å². The van der Waals surface area contributed by atoms with E-state index in [1.807, 2.05) is 24.3 Å². The summed E-state index contributed by atoms with van der Waals surface area (Å²) < 4.78 is 5.60. The van der Waals surface area contributed by atoms with E-state index < -0.39 is 0 Å². The average molecular weight is 233 g/mol.